The second-order valence-electron chi connectivity index (χ2n) is 11.1. The molecule has 0 bridgehead atoms. The van der Waals surface area contributed by atoms with E-state index in [1.54, 1.807) is 6.07 Å². The molecule has 15 nitrogen and oxygen atoms in total. The number of carboxylic acids is 2. The predicted octanol–water partition coefficient (Wildman–Crippen LogP) is -3.99. The molecule has 242 valence electrons. The van der Waals surface area contributed by atoms with E-state index >= 15 is 0 Å². The molecule has 0 aliphatic carbocycles. The molecule has 0 amide bonds. The summed E-state index contributed by atoms with van der Waals surface area (Å²) in [4.78, 5) is 38.9. The van der Waals surface area contributed by atoms with Crippen LogP contribution < -0.4 is 118 Å². The van der Waals surface area contributed by atoms with Gasteiger partial charge in [0, 0.05) is 16.7 Å². The second kappa shape index (κ2) is 15.9. The molecule has 1 aromatic heterocycles. The number of phenolic OH excluding ortho intramolecular Hbond substituents is 1. The van der Waals surface area contributed by atoms with Gasteiger partial charge >= 0.3 is 109 Å². The van der Waals surface area contributed by atoms with Crippen molar-refractivity contribution in [1.82, 2.24) is 14.9 Å². The monoisotopic (exact) mass is 756 g/mol. The number of carboxylic acid groups (broad SMARTS) is 2. The summed E-state index contributed by atoms with van der Waals surface area (Å²) in [5.41, 5.74) is -0.749. The number of methoxy groups -OCH3 is 1. The van der Waals surface area contributed by atoms with Crippen LogP contribution >= 0.6 is 11.6 Å². The number of carbonyl (C=O) groups excluding carboxylic acids is 3. The Kier molecular flexibility index (Phi) is 13.3. The third-order valence-electron chi connectivity index (χ3n) is 6.74. The van der Waals surface area contributed by atoms with E-state index in [-0.39, 0.29) is 136 Å². The van der Waals surface area contributed by atoms with E-state index in [2.05, 4.69) is 19.9 Å². The number of nitrogens with zero attached hydrogens (tertiary/aromatic N) is 5. The normalized spacial score (nSPS) is 13.1. The number of carbonyl (C=O) groups is 3. The Bertz CT molecular complexity index is 2150. The molecule has 0 saturated heterocycles. The quantitative estimate of drug-likeness (QED) is 0.130. The minimum Gasteiger partial charge on any atom is -0.545 e. The molecule has 0 radical (unpaired) electrons. The molecule has 4 aromatic rings. The van der Waals surface area contributed by atoms with Crippen molar-refractivity contribution >= 4 is 62.3 Å². The number of benzene rings is 3. The van der Waals surface area contributed by atoms with Crippen LogP contribution in [0.1, 0.15) is 57.7 Å². The zero-order valence-corrected chi connectivity index (χ0v) is 34.8. The number of rotatable bonds is 8. The Morgan fingerprint density at radius 3 is 2.14 bits per heavy atom. The third kappa shape index (κ3) is 8.76. The van der Waals surface area contributed by atoms with E-state index < -0.39 is 55.1 Å². The maximum Gasteiger partial charge on any atom is 1.00 e. The molecule has 0 spiro atoms. The van der Waals surface area contributed by atoms with Gasteiger partial charge in [-0.25, -0.2) is 18.2 Å². The number of fused-ring (bicyclic) bond motifs is 1. The predicted molar refractivity (Wildman–Crippen MR) is 164 cm³/mol. The topological polar surface area (TPSA) is 228 Å². The number of ether oxygens (including phenoxy) is 1. The van der Waals surface area contributed by atoms with Gasteiger partial charge in [0.1, 0.15) is 17.0 Å². The molecule has 0 saturated carbocycles. The van der Waals surface area contributed by atoms with Gasteiger partial charge in [-0.15, -0.1) is 10.2 Å². The summed E-state index contributed by atoms with van der Waals surface area (Å²) >= 11 is 6.16. The molecule has 0 atom stereocenters. The van der Waals surface area contributed by atoms with Crippen LogP contribution in [0.3, 0.4) is 0 Å². The summed E-state index contributed by atoms with van der Waals surface area (Å²) in [6, 6.07) is 10.9. The number of nitrogens with one attached hydrogen (secondary N) is 1. The number of aromatic nitrogens is 3. The van der Waals surface area contributed by atoms with Crippen LogP contribution in [0.4, 0.5) is 11.4 Å². The Balaban J connectivity index is 0.00000325. The Hall–Kier alpha value is -2.34. The minimum atomic E-state index is -4.50. The molecule has 2 N–H and O–H groups in total. The summed E-state index contributed by atoms with van der Waals surface area (Å²) < 4.78 is 34.8. The number of anilines is 1. The number of aromatic hydroxyl groups is 1. The summed E-state index contributed by atoms with van der Waals surface area (Å²) in [7, 11) is -3.34. The summed E-state index contributed by atoms with van der Waals surface area (Å²) in [5.74, 6) is -4.43. The van der Waals surface area contributed by atoms with Crippen molar-refractivity contribution in [3.05, 3.63) is 82.1 Å². The van der Waals surface area contributed by atoms with Crippen LogP contribution in [0.15, 0.2) is 69.6 Å². The van der Waals surface area contributed by atoms with Crippen LogP contribution in [0.25, 0.3) is 11.4 Å². The fourth-order valence-corrected chi connectivity index (χ4v) is 5.87. The number of hydrogen-bond donors (Lipinski definition) is 2. The average molecular weight is 757 g/mol. The van der Waals surface area contributed by atoms with E-state index in [1.807, 2.05) is 20.8 Å². The van der Waals surface area contributed by atoms with E-state index in [4.69, 9.17) is 21.4 Å². The number of aromatic carboxylic acids is 2. The van der Waals surface area contributed by atoms with Crippen molar-refractivity contribution in [3.63, 3.8) is 0 Å². The van der Waals surface area contributed by atoms with Crippen molar-refractivity contribution in [2.24, 2.45) is 15.5 Å². The van der Waals surface area contributed by atoms with E-state index in [9.17, 15) is 38.1 Å². The Morgan fingerprint density at radius 1 is 0.959 bits per heavy atom. The molecule has 3 aromatic carbocycles. The fourth-order valence-electron chi connectivity index (χ4n) is 4.53. The maximum absolute atomic E-state index is 13.2. The molecule has 1 aliphatic rings. The number of hydrogen-bond acceptors (Lipinski definition) is 13. The van der Waals surface area contributed by atoms with Gasteiger partial charge in [-0.3, -0.25) is 4.72 Å². The number of phenols is 1. The first kappa shape index (κ1) is 41.1. The summed E-state index contributed by atoms with van der Waals surface area (Å²) in [6.07, 6.45) is 0. The maximum atomic E-state index is 13.2. The molecule has 0 fully saturated rings. The SMILES string of the molecule is COC(=O)c1cc(N=C2C(C(C)(C)C)=Nn3c2nnc3-c2cccc(NS(=O)(=O)c3cc(C(=O)[O-])cc(C(=O)[O-])c3)c2)cc(Cl)c1O.[K+].[K+]. The molecule has 2 heterocycles. The first-order chi connectivity index (χ1) is 22.0. The van der Waals surface area contributed by atoms with Gasteiger partial charge < -0.3 is 29.6 Å². The average Bonchev–Trinajstić information content (AvgIpc) is 3.58. The number of sulfonamides is 1. The van der Waals surface area contributed by atoms with Crippen molar-refractivity contribution in [2.75, 3.05) is 11.8 Å². The smallest absolute Gasteiger partial charge is 0.545 e. The third-order valence-corrected chi connectivity index (χ3v) is 8.39. The standard InChI is InChI=1S/C30H25ClN6O9S.2K/c1-30(2,3)24-22(32-18-12-20(29(43)46-4)23(38)21(31)13-18)26-34-33-25(37(26)35-24)14-6-5-7-17(9-14)36-47(44,45)19-10-15(27(39)40)8-16(11-19)28(41)42;;/h5-13,36,38H,1-4H3,(H,39,40)(H,41,42);;/q;2*+1/p-2. The number of halogens is 1. The first-order valence-corrected chi connectivity index (χ1v) is 15.3. The summed E-state index contributed by atoms with van der Waals surface area (Å²) in [5, 5.41) is 46.0. The zero-order chi connectivity index (χ0) is 34.4. The van der Waals surface area contributed by atoms with Crippen LogP contribution in [0.5, 0.6) is 5.75 Å². The molecular weight excluding hydrogens is 734 g/mol. The van der Waals surface area contributed by atoms with E-state index in [0.717, 1.165) is 25.3 Å². The summed E-state index contributed by atoms with van der Waals surface area (Å²) in [6.45, 7) is 5.67. The minimum absolute atomic E-state index is 0. The Labute approximate surface area is 369 Å². The van der Waals surface area contributed by atoms with E-state index in [1.165, 1.54) is 35.0 Å². The molecule has 49 heavy (non-hydrogen) atoms. The van der Waals surface area contributed by atoms with Gasteiger partial charge in [0.15, 0.2) is 5.82 Å². The Morgan fingerprint density at radius 2 is 1.57 bits per heavy atom. The second-order valence-corrected chi connectivity index (χ2v) is 13.2. The van der Waals surface area contributed by atoms with Crippen LogP contribution in [0.2, 0.25) is 5.02 Å². The van der Waals surface area contributed by atoms with Crippen molar-refractivity contribution in [3.8, 4) is 17.1 Å². The zero-order valence-electron chi connectivity index (χ0n) is 26.9. The fraction of sp³-hybridized carbons (Fsp3) is 0.167. The van der Waals surface area contributed by atoms with Gasteiger partial charge in [0.25, 0.3) is 10.0 Å². The van der Waals surface area contributed by atoms with Gasteiger partial charge in [0.05, 0.1) is 40.4 Å². The molecule has 19 heteroatoms. The van der Waals surface area contributed by atoms with Crippen molar-refractivity contribution in [1.29, 1.82) is 0 Å². The van der Waals surface area contributed by atoms with Crippen molar-refractivity contribution in [2.45, 2.75) is 25.7 Å². The number of esters is 1. The first-order valence-electron chi connectivity index (χ1n) is 13.5. The molecule has 0 unspecified atom stereocenters. The van der Waals surface area contributed by atoms with E-state index in [0.29, 0.717) is 17.0 Å². The van der Waals surface area contributed by atoms with Crippen LogP contribution in [-0.2, 0) is 14.8 Å². The van der Waals surface area contributed by atoms with Gasteiger partial charge in [0.2, 0.25) is 5.82 Å². The van der Waals surface area contributed by atoms with Gasteiger partial charge in [-0.05, 0) is 53.6 Å². The van der Waals surface area contributed by atoms with Gasteiger partial charge in [-0.2, -0.15) is 9.78 Å². The van der Waals surface area contributed by atoms with Crippen molar-refractivity contribution < 1.29 is 146 Å². The van der Waals surface area contributed by atoms with Crippen LogP contribution in [-0.4, -0.2) is 64.8 Å². The molecule has 1 aliphatic heterocycles. The van der Waals surface area contributed by atoms with Crippen LogP contribution in [0, 0.1) is 5.41 Å². The number of aliphatic imine (C=N–C) groups is 1. The molecular formula is C30H23ClK2N6O9S. The van der Waals surface area contributed by atoms with Gasteiger partial charge in [-0.1, -0.05) is 44.5 Å². The largest absolute Gasteiger partial charge is 1.00 e. The molecule has 5 rings (SSSR count).